The van der Waals surface area contributed by atoms with Crippen LogP contribution in [-0.2, 0) is 18.8 Å². The molecule has 2 N–H and O–H groups in total. The maximum Gasteiger partial charge on any atom is 0.433 e. The number of amides is 1. The lowest BCUT2D eigenvalue weighted by Crippen LogP contribution is -2.51. The number of alkyl halides is 3. The van der Waals surface area contributed by atoms with Crippen molar-refractivity contribution >= 4 is 49.1 Å². The van der Waals surface area contributed by atoms with Crippen LogP contribution in [0.2, 0.25) is 28.2 Å². The van der Waals surface area contributed by atoms with Crippen LogP contribution >= 0.6 is 23.2 Å². The molecule has 1 heterocycles. The molecule has 0 spiro atoms. The minimum absolute atomic E-state index is 0.0840. The number of ether oxygens (including phenoxy) is 1. The molecule has 14 heteroatoms. The highest BCUT2D eigenvalue weighted by Gasteiger charge is 2.55. The monoisotopic (exact) mass is 734 g/mol. The predicted molar refractivity (Wildman–Crippen MR) is 187 cm³/mol. The summed E-state index contributed by atoms with van der Waals surface area (Å²) in [6, 6.07) is 2.34. The van der Waals surface area contributed by atoms with Crippen molar-refractivity contribution < 1.29 is 31.9 Å². The first-order valence-electron chi connectivity index (χ1n) is 16.9. The summed E-state index contributed by atoms with van der Waals surface area (Å²) in [6.45, 7) is 13.8. The topological polar surface area (TPSA) is 107 Å². The van der Waals surface area contributed by atoms with Gasteiger partial charge in [-0.05, 0) is 69.0 Å². The third kappa shape index (κ3) is 9.14. The van der Waals surface area contributed by atoms with E-state index in [0.717, 1.165) is 18.1 Å². The van der Waals surface area contributed by atoms with Crippen molar-refractivity contribution in [3.05, 3.63) is 39.8 Å². The quantitative estimate of drug-likeness (QED) is 0.0886. The highest BCUT2D eigenvalue weighted by molar-refractivity contribution is 6.73. The summed E-state index contributed by atoms with van der Waals surface area (Å²) in [6.07, 6.45) is -0.287. The first kappa shape index (κ1) is 40.3. The number of esters is 1. The van der Waals surface area contributed by atoms with Gasteiger partial charge in [-0.15, -0.1) is 0 Å². The Morgan fingerprint density at radius 1 is 1.02 bits per heavy atom. The Balaban J connectivity index is 2.08. The smallest absolute Gasteiger partial charge is 0.433 e. The Bertz CT molecular complexity index is 1330. The number of rotatable bonds is 14. The van der Waals surface area contributed by atoms with Gasteiger partial charge in [0.2, 0.25) is 0 Å². The number of carbonyl (C=O) groups excluding carboxylic acids is 2. The van der Waals surface area contributed by atoms with Crippen LogP contribution < -0.4 is 5.73 Å². The van der Waals surface area contributed by atoms with Crippen LogP contribution in [0.3, 0.4) is 0 Å². The summed E-state index contributed by atoms with van der Waals surface area (Å²) in [7, 11) is -2.37. The molecule has 1 unspecified atom stereocenters. The average molecular weight is 736 g/mol. The molecule has 0 aliphatic heterocycles. The van der Waals surface area contributed by atoms with Crippen LogP contribution in [-0.4, -0.2) is 67.2 Å². The summed E-state index contributed by atoms with van der Waals surface area (Å²) in [4.78, 5) is 36.9. The van der Waals surface area contributed by atoms with Gasteiger partial charge in [0, 0.05) is 30.7 Å². The number of carbonyl (C=O) groups is 2. The van der Waals surface area contributed by atoms with E-state index >= 15 is 0 Å². The molecule has 2 bridgehead atoms. The van der Waals surface area contributed by atoms with Crippen LogP contribution in [0.5, 0.6) is 0 Å². The van der Waals surface area contributed by atoms with E-state index in [1.807, 2.05) is 20.8 Å². The molecule has 8 nitrogen and oxygen atoms in total. The third-order valence-electron chi connectivity index (χ3n) is 10.1. The first-order chi connectivity index (χ1) is 22.3. The van der Waals surface area contributed by atoms with Crippen LogP contribution in [0, 0.1) is 10.8 Å². The fourth-order valence-corrected chi connectivity index (χ4v) is 10.5. The van der Waals surface area contributed by atoms with Crippen molar-refractivity contribution in [1.29, 1.82) is 0 Å². The minimum Gasteiger partial charge on any atom is -0.466 e. The maximum atomic E-state index is 15.0. The molecular formula is C34H51Cl2F3N4O4Si. The van der Waals surface area contributed by atoms with Crippen molar-refractivity contribution in [3.63, 3.8) is 0 Å². The van der Waals surface area contributed by atoms with Crippen LogP contribution in [0.1, 0.15) is 98.7 Å². The molecule has 0 saturated heterocycles. The summed E-state index contributed by atoms with van der Waals surface area (Å²) < 4.78 is 57.0. The van der Waals surface area contributed by atoms with Crippen molar-refractivity contribution in [3.8, 4) is 0 Å². The van der Waals surface area contributed by atoms with Gasteiger partial charge in [0.1, 0.15) is 0 Å². The Morgan fingerprint density at radius 3 is 1.96 bits per heavy atom. The largest absolute Gasteiger partial charge is 0.466 e. The van der Waals surface area contributed by atoms with E-state index in [2.05, 4.69) is 30.7 Å². The highest BCUT2D eigenvalue weighted by atomic mass is 35.5. The SMILES string of the molecule is CCOC(=O)C12CCC(N=C(C(=CN)C(=O)N(CC(O[Si](CC)(CC)CC)c3c(Cl)cncc3Cl)CC(C)(C)C)C(F)(F)F)(CC1)CC2. The minimum atomic E-state index is -4.97. The third-order valence-corrected chi connectivity index (χ3v) is 15.3. The molecule has 0 radical (unpaired) electrons. The number of nitrogens with zero attached hydrogens (tertiary/aromatic N) is 3. The molecule has 0 aromatic carbocycles. The Labute approximate surface area is 294 Å². The van der Waals surface area contributed by atoms with Gasteiger partial charge in [-0.2, -0.15) is 13.2 Å². The fourth-order valence-electron chi connectivity index (χ4n) is 7.07. The zero-order valence-electron chi connectivity index (χ0n) is 29.2. The van der Waals surface area contributed by atoms with Gasteiger partial charge < -0.3 is 19.8 Å². The van der Waals surface area contributed by atoms with Crippen LogP contribution in [0.4, 0.5) is 13.2 Å². The number of nitrogens with two attached hydrogens (primary N) is 1. The van der Waals surface area contributed by atoms with E-state index in [4.69, 9.17) is 38.1 Å². The van der Waals surface area contributed by atoms with E-state index in [1.165, 1.54) is 17.3 Å². The van der Waals surface area contributed by atoms with Crippen molar-refractivity contribution in [2.75, 3.05) is 19.7 Å². The zero-order valence-corrected chi connectivity index (χ0v) is 31.7. The Hall–Kier alpha value is -2.15. The molecule has 3 saturated carbocycles. The van der Waals surface area contributed by atoms with E-state index in [9.17, 15) is 22.8 Å². The van der Waals surface area contributed by atoms with E-state index < -0.39 is 54.2 Å². The number of aromatic nitrogens is 1. The van der Waals surface area contributed by atoms with Gasteiger partial charge in [-0.25, -0.2) is 0 Å². The second kappa shape index (κ2) is 15.8. The molecule has 1 aromatic heterocycles. The molecule has 3 fully saturated rings. The van der Waals surface area contributed by atoms with Gasteiger partial charge in [-0.3, -0.25) is 19.6 Å². The molecule has 3 aliphatic rings. The lowest BCUT2D eigenvalue weighted by molar-refractivity contribution is -0.162. The molecule has 1 aromatic rings. The normalized spacial score (nSPS) is 22.8. The standard InChI is InChI=1S/C34H51Cl2F3N4O4Si/c1-8-46-30(45)32-12-15-33(16-13-32,17-14-32)42-28(34(37,38)39)23(18-40)29(44)43(22-31(5,6)7)21-26(47-48(9-2,10-3)11-4)27-24(35)19-41-20-25(27)36/h18-20,26H,8-17,21-22,40H2,1-7H3. The second-order valence-electron chi connectivity index (χ2n) is 14.4. The van der Waals surface area contributed by atoms with Gasteiger partial charge in [0.15, 0.2) is 14.0 Å². The fraction of sp³-hybridized carbons (Fsp3) is 0.706. The molecule has 1 atom stereocenters. The summed E-state index contributed by atoms with van der Waals surface area (Å²) in [5.74, 6) is -1.22. The van der Waals surface area contributed by atoms with Crippen LogP contribution in [0.15, 0.2) is 29.2 Å². The van der Waals surface area contributed by atoms with E-state index in [0.29, 0.717) is 31.0 Å². The molecular weight excluding hydrogens is 684 g/mol. The molecule has 4 rings (SSSR count). The van der Waals surface area contributed by atoms with Crippen molar-refractivity contribution in [2.24, 2.45) is 21.6 Å². The average Bonchev–Trinajstić information content (AvgIpc) is 3.02. The molecule has 48 heavy (non-hydrogen) atoms. The first-order valence-corrected chi connectivity index (χ1v) is 20.2. The molecule has 270 valence electrons. The van der Waals surface area contributed by atoms with Gasteiger partial charge in [0.05, 0.1) is 45.8 Å². The highest BCUT2D eigenvalue weighted by Crippen LogP contribution is 2.55. The Kier molecular flexibility index (Phi) is 13.3. The van der Waals surface area contributed by atoms with Gasteiger partial charge in [-0.1, -0.05) is 64.7 Å². The summed E-state index contributed by atoms with van der Waals surface area (Å²) >= 11 is 13.3. The number of pyridine rings is 1. The number of halogens is 5. The zero-order chi connectivity index (χ0) is 36.1. The summed E-state index contributed by atoms with van der Waals surface area (Å²) in [5, 5.41) is 0.475. The number of hydrogen-bond acceptors (Lipinski definition) is 7. The number of hydrogen-bond donors (Lipinski definition) is 1. The lowest BCUT2D eigenvalue weighted by atomic mass is 9.57. The van der Waals surface area contributed by atoms with Crippen molar-refractivity contribution in [2.45, 2.75) is 123 Å². The second-order valence-corrected chi connectivity index (χ2v) is 19.9. The Morgan fingerprint density at radius 2 is 1.54 bits per heavy atom. The van der Waals surface area contributed by atoms with E-state index in [1.54, 1.807) is 6.92 Å². The predicted octanol–water partition coefficient (Wildman–Crippen LogP) is 8.83. The van der Waals surface area contributed by atoms with Crippen LogP contribution in [0.25, 0.3) is 0 Å². The lowest BCUT2D eigenvalue weighted by Gasteiger charge is -2.50. The molecule has 3 aliphatic carbocycles. The van der Waals surface area contributed by atoms with Gasteiger partial charge >= 0.3 is 12.1 Å². The van der Waals surface area contributed by atoms with Gasteiger partial charge in [0.25, 0.3) is 5.91 Å². The number of aliphatic imine (C=N–C) groups is 1. The van der Waals surface area contributed by atoms with Crippen molar-refractivity contribution in [1.82, 2.24) is 9.88 Å². The summed E-state index contributed by atoms with van der Waals surface area (Å²) in [5.41, 5.74) is 2.01. The number of fused-ring (bicyclic) bond motifs is 3. The maximum absolute atomic E-state index is 15.0. The van der Waals surface area contributed by atoms with E-state index in [-0.39, 0.29) is 55.0 Å². The molecule has 1 amide bonds.